The molecule has 0 saturated carbocycles. The van der Waals surface area contributed by atoms with E-state index in [2.05, 4.69) is 19.7 Å². The van der Waals surface area contributed by atoms with E-state index in [-0.39, 0.29) is 19.4 Å². The Hall–Kier alpha value is -1.61. The van der Waals surface area contributed by atoms with Gasteiger partial charge in [0.05, 0.1) is 18.3 Å². The summed E-state index contributed by atoms with van der Waals surface area (Å²) in [4.78, 5) is 11.2. The normalized spacial score (nSPS) is 14.3. The second-order valence-corrected chi connectivity index (χ2v) is 6.43. The van der Waals surface area contributed by atoms with Gasteiger partial charge in [0.15, 0.2) is 0 Å². The van der Waals surface area contributed by atoms with E-state index in [1.807, 2.05) is 20.9 Å². The van der Waals surface area contributed by atoms with E-state index in [0.29, 0.717) is 18.0 Å². The summed E-state index contributed by atoms with van der Waals surface area (Å²) < 4.78 is 40.6. The van der Waals surface area contributed by atoms with Crippen LogP contribution in [-0.4, -0.2) is 57.4 Å². The number of aliphatic carboxylic acids is 1. The SMILES string of the molecule is CC.CC(=O)O.CCCC(F)(F)CCOc1nsnc1C1=CCCN(C)C1. The Labute approximate surface area is 164 Å². The Bertz CT molecular complexity index is 576. The lowest BCUT2D eigenvalue weighted by Gasteiger charge is -2.22. The highest BCUT2D eigenvalue weighted by Gasteiger charge is 2.28. The molecule has 1 N–H and O–H groups in total. The van der Waals surface area contributed by atoms with Gasteiger partial charge in [-0.25, -0.2) is 8.78 Å². The Balaban J connectivity index is 0.000000998. The van der Waals surface area contributed by atoms with Crippen LogP contribution in [-0.2, 0) is 4.79 Å². The van der Waals surface area contributed by atoms with E-state index in [0.717, 1.165) is 43.7 Å². The molecule has 0 amide bonds. The summed E-state index contributed by atoms with van der Waals surface area (Å²) in [5.41, 5.74) is 1.76. The first kappa shape index (κ1) is 25.4. The van der Waals surface area contributed by atoms with Crippen molar-refractivity contribution in [2.75, 3.05) is 26.7 Å². The molecule has 2 heterocycles. The third kappa shape index (κ3) is 11.0. The molecule has 0 fully saturated rings. The lowest BCUT2D eigenvalue weighted by molar-refractivity contribution is -0.134. The average Bonchev–Trinajstić information content (AvgIpc) is 3.04. The van der Waals surface area contributed by atoms with Crippen molar-refractivity contribution in [3.8, 4) is 5.88 Å². The highest BCUT2D eigenvalue weighted by Crippen LogP contribution is 2.28. The number of rotatable bonds is 7. The van der Waals surface area contributed by atoms with Gasteiger partial charge in [-0.15, -0.1) is 4.37 Å². The minimum Gasteiger partial charge on any atom is -0.481 e. The maximum atomic E-state index is 13.4. The molecule has 2 rings (SSSR count). The third-order valence-electron chi connectivity index (χ3n) is 3.43. The van der Waals surface area contributed by atoms with Crippen LogP contribution in [0.15, 0.2) is 6.08 Å². The number of hydrogen-bond donors (Lipinski definition) is 1. The molecule has 9 heteroatoms. The fraction of sp³-hybridized carbons (Fsp3) is 0.722. The van der Waals surface area contributed by atoms with E-state index in [4.69, 9.17) is 14.6 Å². The van der Waals surface area contributed by atoms with Crippen molar-refractivity contribution in [1.82, 2.24) is 13.6 Å². The number of nitrogens with zero attached hydrogens (tertiary/aromatic N) is 3. The van der Waals surface area contributed by atoms with Gasteiger partial charge in [-0.3, -0.25) is 4.79 Å². The van der Waals surface area contributed by atoms with Gasteiger partial charge in [-0.1, -0.05) is 33.3 Å². The second-order valence-electron chi connectivity index (χ2n) is 5.90. The molecule has 1 aliphatic rings. The number of carboxylic acid groups (broad SMARTS) is 1. The highest BCUT2D eigenvalue weighted by atomic mass is 32.1. The predicted molar refractivity (Wildman–Crippen MR) is 105 cm³/mol. The van der Waals surface area contributed by atoms with E-state index in [1.54, 1.807) is 6.92 Å². The largest absolute Gasteiger partial charge is 0.481 e. The summed E-state index contributed by atoms with van der Waals surface area (Å²) in [6, 6.07) is 0. The number of alkyl halides is 2. The van der Waals surface area contributed by atoms with Gasteiger partial charge in [-0.2, -0.15) is 4.37 Å². The summed E-state index contributed by atoms with van der Waals surface area (Å²) in [5, 5.41) is 7.42. The van der Waals surface area contributed by atoms with Crippen LogP contribution in [0.25, 0.3) is 5.57 Å². The molecular formula is C18H31F2N3O3S. The van der Waals surface area contributed by atoms with Crippen molar-refractivity contribution >= 4 is 23.3 Å². The van der Waals surface area contributed by atoms with Crippen LogP contribution >= 0.6 is 11.7 Å². The Kier molecular flexibility index (Phi) is 12.7. The summed E-state index contributed by atoms with van der Waals surface area (Å²) >= 11 is 1.06. The Morgan fingerprint density at radius 3 is 2.56 bits per heavy atom. The van der Waals surface area contributed by atoms with Crippen LogP contribution < -0.4 is 4.74 Å². The summed E-state index contributed by atoms with van der Waals surface area (Å²) in [7, 11) is 2.04. The topological polar surface area (TPSA) is 75.5 Å². The maximum Gasteiger partial charge on any atom is 0.300 e. The molecule has 1 aromatic heterocycles. The fourth-order valence-electron chi connectivity index (χ4n) is 2.32. The third-order valence-corrected chi connectivity index (χ3v) is 3.94. The predicted octanol–water partition coefficient (Wildman–Crippen LogP) is 4.58. The highest BCUT2D eigenvalue weighted by molar-refractivity contribution is 6.99. The lowest BCUT2D eigenvalue weighted by Crippen LogP contribution is -2.25. The number of aromatic nitrogens is 2. The first-order valence-corrected chi connectivity index (χ1v) is 9.89. The molecule has 0 atom stereocenters. The van der Waals surface area contributed by atoms with Crippen LogP contribution in [0.4, 0.5) is 8.78 Å². The molecule has 0 radical (unpaired) electrons. The van der Waals surface area contributed by atoms with Gasteiger partial charge in [0.2, 0.25) is 0 Å². The zero-order chi connectivity index (χ0) is 20.9. The van der Waals surface area contributed by atoms with Crippen molar-refractivity contribution in [2.24, 2.45) is 0 Å². The summed E-state index contributed by atoms with van der Waals surface area (Å²) in [6.07, 6.45) is 3.16. The molecule has 0 saturated heterocycles. The minimum atomic E-state index is -2.66. The molecule has 27 heavy (non-hydrogen) atoms. The molecule has 0 aromatic carbocycles. The standard InChI is InChI=1S/C14H21F2N3OS.C2H4O2.C2H6/c1-3-6-14(15,16)7-9-20-13-12(17-21-18-13)11-5-4-8-19(2)10-11;1-2(3)4;1-2/h5H,3-4,6-10H2,1-2H3;1H3,(H,3,4);1-2H3. The quantitative estimate of drug-likeness (QED) is 0.713. The van der Waals surface area contributed by atoms with E-state index in [9.17, 15) is 8.78 Å². The number of hydrogen-bond acceptors (Lipinski definition) is 6. The van der Waals surface area contributed by atoms with Gasteiger partial charge < -0.3 is 14.7 Å². The van der Waals surface area contributed by atoms with Gasteiger partial charge in [0, 0.05) is 32.9 Å². The van der Waals surface area contributed by atoms with Crippen LogP contribution in [0.1, 0.15) is 59.1 Å². The molecular weight excluding hydrogens is 376 g/mol. The van der Waals surface area contributed by atoms with Crippen LogP contribution in [0.3, 0.4) is 0 Å². The number of carboxylic acids is 1. The Morgan fingerprint density at radius 2 is 2.00 bits per heavy atom. The first-order valence-electron chi connectivity index (χ1n) is 9.16. The minimum absolute atomic E-state index is 0.0332. The Morgan fingerprint density at radius 1 is 1.37 bits per heavy atom. The van der Waals surface area contributed by atoms with Gasteiger partial charge in [-0.05, 0) is 19.0 Å². The number of likely N-dealkylation sites (N-methyl/N-ethyl adjacent to an activating group) is 1. The molecule has 1 aromatic rings. The first-order chi connectivity index (χ1) is 12.7. The van der Waals surface area contributed by atoms with Gasteiger partial charge >= 0.3 is 0 Å². The zero-order valence-corrected chi connectivity index (χ0v) is 17.6. The molecule has 6 nitrogen and oxygen atoms in total. The zero-order valence-electron chi connectivity index (χ0n) is 16.8. The van der Waals surface area contributed by atoms with Gasteiger partial charge in [0.25, 0.3) is 17.8 Å². The van der Waals surface area contributed by atoms with Crippen molar-refractivity contribution in [3.63, 3.8) is 0 Å². The molecule has 0 spiro atoms. The summed E-state index contributed by atoms with van der Waals surface area (Å²) in [5.74, 6) is -3.11. The second kappa shape index (κ2) is 13.5. The smallest absolute Gasteiger partial charge is 0.300 e. The lowest BCUT2D eigenvalue weighted by atomic mass is 10.1. The average molecular weight is 408 g/mol. The number of carbonyl (C=O) groups is 1. The molecule has 0 unspecified atom stereocenters. The fourth-order valence-corrected chi connectivity index (χ4v) is 2.86. The van der Waals surface area contributed by atoms with E-state index < -0.39 is 11.9 Å². The van der Waals surface area contributed by atoms with Gasteiger partial charge in [0.1, 0.15) is 5.69 Å². The van der Waals surface area contributed by atoms with E-state index in [1.165, 1.54) is 0 Å². The molecule has 0 aliphatic carbocycles. The van der Waals surface area contributed by atoms with Crippen molar-refractivity contribution in [2.45, 2.75) is 59.3 Å². The van der Waals surface area contributed by atoms with Crippen molar-refractivity contribution in [3.05, 3.63) is 11.8 Å². The number of halogens is 2. The van der Waals surface area contributed by atoms with Crippen LogP contribution in [0, 0.1) is 0 Å². The van der Waals surface area contributed by atoms with Crippen LogP contribution in [0.2, 0.25) is 0 Å². The van der Waals surface area contributed by atoms with E-state index >= 15 is 0 Å². The monoisotopic (exact) mass is 407 g/mol. The molecule has 1 aliphatic heterocycles. The summed E-state index contributed by atoms with van der Waals surface area (Å²) in [6.45, 7) is 8.60. The molecule has 156 valence electrons. The number of ether oxygens (including phenoxy) is 1. The van der Waals surface area contributed by atoms with Crippen molar-refractivity contribution in [1.29, 1.82) is 0 Å². The molecule has 0 bridgehead atoms. The maximum absolute atomic E-state index is 13.4. The van der Waals surface area contributed by atoms with Crippen molar-refractivity contribution < 1.29 is 23.4 Å². The van der Waals surface area contributed by atoms with Crippen LogP contribution in [0.5, 0.6) is 5.88 Å².